The van der Waals surface area contributed by atoms with E-state index in [9.17, 15) is 14.0 Å². The third-order valence-electron chi connectivity index (χ3n) is 4.63. The molecule has 0 fully saturated rings. The lowest BCUT2D eigenvalue weighted by molar-refractivity contribution is -0.113. The average molecular weight is 450 g/mol. The summed E-state index contributed by atoms with van der Waals surface area (Å²) in [6.45, 7) is 0. The molecule has 0 aromatic heterocycles. The second-order valence-electron chi connectivity index (χ2n) is 6.80. The molecule has 0 bridgehead atoms. The van der Waals surface area contributed by atoms with Crippen molar-refractivity contribution in [1.29, 1.82) is 0 Å². The molecule has 2 N–H and O–H groups in total. The van der Waals surface area contributed by atoms with Gasteiger partial charge in [-0.25, -0.2) is 4.39 Å². The molecule has 8 heteroatoms. The molecule has 2 amide bonds. The van der Waals surface area contributed by atoms with Gasteiger partial charge in [0.05, 0.1) is 21.3 Å². The van der Waals surface area contributed by atoms with Crippen LogP contribution >= 0.6 is 0 Å². The summed E-state index contributed by atoms with van der Waals surface area (Å²) in [6, 6.07) is 17.0. The first-order valence-electron chi connectivity index (χ1n) is 9.90. The maximum atomic E-state index is 13.2. The summed E-state index contributed by atoms with van der Waals surface area (Å²) in [4.78, 5) is 25.8. The fourth-order valence-corrected chi connectivity index (χ4v) is 3.03. The molecule has 0 heterocycles. The van der Waals surface area contributed by atoms with Gasteiger partial charge >= 0.3 is 0 Å². The minimum absolute atomic E-state index is 0.0394. The first-order chi connectivity index (χ1) is 15.9. The first kappa shape index (κ1) is 23.3. The topological polar surface area (TPSA) is 85.9 Å². The number of carbonyl (C=O) groups excluding carboxylic acids is 2. The highest BCUT2D eigenvalue weighted by atomic mass is 19.1. The van der Waals surface area contributed by atoms with Crippen LogP contribution in [0.3, 0.4) is 0 Å². The highest BCUT2D eigenvalue weighted by molar-refractivity contribution is 6.10. The van der Waals surface area contributed by atoms with Gasteiger partial charge in [-0.2, -0.15) is 0 Å². The SMILES string of the molecule is COc1cc(C=C(NC(=O)c2ccccc2)C(=O)Nc2ccc(F)cc2)cc(OC)c1OC. The lowest BCUT2D eigenvalue weighted by Crippen LogP contribution is -2.30. The van der Waals surface area contributed by atoms with Gasteiger partial charge < -0.3 is 24.8 Å². The van der Waals surface area contributed by atoms with E-state index in [-0.39, 0.29) is 5.70 Å². The van der Waals surface area contributed by atoms with Crippen LogP contribution in [0, 0.1) is 5.82 Å². The summed E-state index contributed by atoms with van der Waals surface area (Å²) in [7, 11) is 4.44. The molecule has 0 spiro atoms. The average Bonchev–Trinajstić information content (AvgIpc) is 2.84. The summed E-state index contributed by atoms with van der Waals surface area (Å²) >= 11 is 0. The molecule has 0 radical (unpaired) electrons. The molecule has 0 unspecified atom stereocenters. The third-order valence-corrected chi connectivity index (χ3v) is 4.63. The molecule has 0 atom stereocenters. The van der Waals surface area contributed by atoms with Gasteiger partial charge in [0.1, 0.15) is 11.5 Å². The number of amides is 2. The molecular formula is C25H23FN2O5. The molecule has 170 valence electrons. The molecule has 3 rings (SSSR count). The number of hydrogen-bond donors (Lipinski definition) is 2. The van der Waals surface area contributed by atoms with Crippen molar-refractivity contribution >= 4 is 23.6 Å². The van der Waals surface area contributed by atoms with Crippen LogP contribution in [0.4, 0.5) is 10.1 Å². The van der Waals surface area contributed by atoms with E-state index in [1.165, 1.54) is 51.7 Å². The summed E-state index contributed by atoms with van der Waals surface area (Å²) in [6.07, 6.45) is 1.48. The van der Waals surface area contributed by atoms with E-state index < -0.39 is 17.6 Å². The van der Waals surface area contributed by atoms with Gasteiger partial charge in [0.15, 0.2) is 11.5 Å². The van der Waals surface area contributed by atoms with Gasteiger partial charge in [-0.15, -0.1) is 0 Å². The second kappa shape index (κ2) is 10.8. The first-order valence-corrected chi connectivity index (χ1v) is 9.90. The van der Waals surface area contributed by atoms with E-state index in [0.717, 1.165) is 0 Å². The molecular weight excluding hydrogens is 427 g/mol. The number of rotatable bonds is 8. The number of methoxy groups -OCH3 is 3. The van der Waals surface area contributed by atoms with E-state index in [1.54, 1.807) is 42.5 Å². The minimum atomic E-state index is -0.598. The molecule has 3 aromatic carbocycles. The molecule has 0 saturated carbocycles. The van der Waals surface area contributed by atoms with Gasteiger partial charge in [-0.1, -0.05) is 18.2 Å². The Morgan fingerprint density at radius 2 is 1.45 bits per heavy atom. The number of halogens is 1. The Kier molecular flexibility index (Phi) is 7.64. The zero-order valence-electron chi connectivity index (χ0n) is 18.3. The molecule has 33 heavy (non-hydrogen) atoms. The number of ether oxygens (including phenoxy) is 3. The lowest BCUT2D eigenvalue weighted by Gasteiger charge is -2.14. The van der Waals surface area contributed by atoms with E-state index in [1.807, 2.05) is 0 Å². The standard InChI is InChI=1S/C25H23FN2O5/c1-31-21-14-16(15-22(32-2)23(21)33-3)13-20(28-24(29)17-7-5-4-6-8-17)25(30)27-19-11-9-18(26)10-12-19/h4-15H,1-3H3,(H,27,30)(H,28,29). The lowest BCUT2D eigenvalue weighted by atomic mass is 10.1. The van der Waals surface area contributed by atoms with Gasteiger partial charge in [-0.3, -0.25) is 9.59 Å². The molecule has 3 aromatic rings. The zero-order valence-corrected chi connectivity index (χ0v) is 18.3. The van der Waals surface area contributed by atoms with Crippen LogP contribution < -0.4 is 24.8 Å². The van der Waals surface area contributed by atoms with Crippen molar-refractivity contribution in [3.8, 4) is 17.2 Å². The molecule has 7 nitrogen and oxygen atoms in total. The number of benzene rings is 3. The van der Waals surface area contributed by atoms with Crippen LogP contribution in [-0.4, -0.2) is 33.1 Å². The van der Waals surface area contributed by atoms with E-state index in [2.05, 4.69) is 10.6 Å². The van der Waals surface area contributed by atoms with E-state index >= 15 is 0 Å². The zero-order chi connectivity index (χ0) is 23.8. The van der Waals surface area contributed by atoms with Gasteiger partial charge in [0.2, 0.25) is 5.75 Å². The predicted molar refractivity (Wildman–Crippen MR) is 123 cm³/mol. The highest BCUT2D eigenvalue weighted by Gasteiger charge is 2.17. The summed E-state index contributed by atoms with van der Waals surface area (Å²) in [5, 5.41) is 5.29. The Labute approximate surface area is 190 Å². The Bertz CT molecular complexity index is 1140. The monoisotopic (exact) mass is 450 g/mol. The fraction of sp³-hybridized carbons (Fsp3) is 0.120. The maximum Gasteiger partial charge on any atom is 0.272 e. The minimum Gasteiger partial charge on any atom is -0.493 e. The van der Waals surface area contributed by atoms with Crippen LogP contribution in [-0.2, 0) is 4.79 Å². The molecule has 0 aliphatic rings. The normalized spacial score (nSPS) is 10.8. The van der Waals surface area contributed by atoms with Crippen LogP contribution in [0.25, 0.3) is 6.08 Å². The largest absolute Gasteiger partial charge is 0.493 e. The Morgan fingerprint density at radius 1 is 0.848 bits per heavy atom. The fourth-order valence-electron chi connectivity index (χ4n) is 3.03. The van der Waals surface area contributed by atoms with Crippen molar-refractivity contribution in [3.63, 3.8) is 0 Å². The molecule has 0 aliphatic heterocycles. The third kappa shape index (κ3) is 5.88. The van der Waals surface area contributed by atoms with Crippen LogP contribution in [0.1, 0.15) is 15.9 Å². The van der Waals surface area contributed by atoms with Crippen molar-refractivity contribution in [2.45, 2.75) is 0 Å². The Morgan fingerprint density at radius 3 is 2.00 bits per heavy atom. The van der Waals surface area contributed by atoms with Crippen molar-refractivity contribution in [1.82, 2.24) is 5.32 Å². The summed E-state index contributed by atoms with van der Waals surface area (Å²) in [5.41, 5.74) is 1.22. The van der Waals surface area contributed by atoms with Crippen molar-refractivity contribution in [3.05, 3.63) is 89.4 Å². The smallest absolute Gasteiger partial charge is 0.272 e. The molecule has 0 aliphatic carbocycles. The van der Waals surface area contributed by atoms with Crippen molar-refractivity contribution < 1.29 is 28.2 Å². The van der Waals surface area contributed by atoms with E-state index in [4.69, 9.17) is 14.2 Å². The van der Waals surface area contributed by atoms with Crippen LogP contribution in [0.2, 0.25) is 0 Å². The van der Waals surface area contributed by atoms with Crippen LogP contribution in [0.5, 0.6) is 17.2 Å². The van der Waals surface area contributed by atoms with E-state index in [0.29, 0.717) is 34.1 Å². The van der Waals surface area contributed by atoms with Crippen LogP contribution in [0.15, 0.2) is 72.4 Å². The Balaban J connectivity index is 2.00. The Hall–Kier alpha value is -4.33. The molecule has 0 saturated heterocycles. The number of hydrogen-bond acceptors (Lipinski definition) is 5. The van der Waals surface area contributed by atoms with Crippen molar-refractivity contribution in [2.75, 3.05) is 26.6 Å². The van der Waals surface area contributed by atoms with Crippen molar-refractivity contribution in [2.24, 2.45) is 0 Å². The van der Waals surface area contributed by atoms with Gasteiger partial charge in [0, 0.05) is 11.3 Å². The number of anilines is 1. The maximum absolute atomic E-state index is 13.2. The van der Waals surface area contributed by atoms with Gasteiger partial charge in [0.25, 0.3) is 11.8 Å². The second-order valence-corrected chi connectivity index (χ2v) is 6.80. The van der Waals surface area contributed by atoms with Gasteiger partial charge in [-0.05, 0) is 60.2 Å². The number of carbonyl (C=O) groups is 2. The number of nitrogens with one attached hydrogen (secondary N) is 2. The quantitative estimate of drug-likeness (QED) is 0.501. The predicted octanol–water partition coefficient (Wildman–Crippen LogP) is 4.26. The summed E-state index contributed by atoms with van der Waals surface area (Å²) < 4.78 is 29.3. The highest BCUT2D eigenvalue weighted by Crippen LogP contribution is 2.38. The summed E-state index contributed by atoms with van der Waals surface area (Å²) in [5.74, 6) is -0.337.